The lowest BCUT2D eigenvalue weighted by Gasteiger charge is -2.13. The molecule has 58 valence electrons. The van der Waals surface area contributed by atoms with E-state index < -0.39 is 11.8 Å². The van der Waals surface area contributed by atoms with Gasteiger partial charge in [0, 0.05) is 6.42 Å². The highest BCUT2D eigenvalue weighted by atomic mass is 19.1. The van der Waals surface area contributed by atoms with Crippen LogP contribution in [0.2, 0.25) is 0 Å². The Morgan fingerprint density at radius 3 is 2.70 bits per heavy atom. The van der Waals surface area contributed by atoms with Crippen molar-refractivity contribution in [3.05, 3.63) is 0 Å². The first-order valence-electron chi connectivity index (χ1n) is 3.13. The molecule has 0 saturated heterocycles. The molecule has 1 heterocycles. The van der Waals surface area contributed by atoms with Gasteiger partial charge in [0.2, 0.25) is 5.79 Å². The van der Waals surface area contributed by atoms with Gasteiger partial charge < -0.3 is 10.5 Å². The number of hydrogen-bond donors (Lipinski definition) is 1. The molecule has 3 nitrogen and oxygen atoms in total. The van der Waals surface area contributed by atoms with Crippen LogP contribution in [0.15, 0.2) is 4.99 Å². The standard InChI is InChI=1S/C6H11FN2O/c1-6(7)4(8)3-5(9-6)10-2/h4H,3,8H2,1-2H3/t4-,6?/m1/s1. The summed E-state index contributed by atoms with van der Waals surface area (Å²) in [6.07, 6.45) is 0.392. The van der Waals surface area contributed by atoms with Crippen LogP contribution in [-0.2, 0) is 4.74 Å². The van der Waals surface area contributed by atoms with E-state index in [9.17, 15) is 4.39 Å². The molecule has 4 heteroatoms. The highest BCUT2D eigenvalue weighted by Crippen LogP contribution is 2.25. The van der Waals surface area contributed by atoms with Crippen LogP contribution >= 0.6 is 0 Å². The zero-order valence-corrected chi connectivity index (χ0v) is 6.10. The highest BCUT2D eigenvalue weighted by molar-refractivity contribution is 5.79. The highest BCUT2D eigenvalue weighted by Gasteiger charge is 2.38. The van der Waals surface area contributed by atoms with Crippen LogP contribution in [-0.4, -0.2) is 24.8 Å². The molecule has 0 aromatic heterocycles. The average molecular weight is 146 g/mol. The van der Waals surface area contributed by atoms with Crippen molar-refractivity contribution in [2.45, 2.75) is 25.2 Å². The number of halogens is 1. The molecule has 0 amide bonds. The molecule has 0 radical (unpaired) electrons. The molecule has 10 heavy (non-hydrogen) atoms. The fourth-order valence-corrected chi connectivity index (χ4v) is 0.876. The van der Waals surface area contributed by atoms with Crippen LogP contribution in [0.5, 0.6) is 0 Å². The summed E-state index contributed by atoms with van der Waals surface area (Å²) in [7, 11) is 1.47. The smallest absolute Gasteiger partial charge is 0.216 e. The van der Waals surface area contributed by atoms with Crippen molar-refractivity contribution in [1.82, 2.24) is 0 Å². The van der Waals surface area contributed by atoms with E-state index in [2.05, 4.69) is 4.99 Å². The first-order chi connectivity index (χ1) is 4.56. The van der Waals surface area contributed by atoms with E-state index in [0.29, 0.717) is 12.3 Å². The maximum absolute atomic E-state index is 13.0. The largest absolute Gasteiger partial charge is 0.484 e. The maximum Gasteiger partial charge on any atom is 0.216 e. The average Bonchev–Trinajstić information content (AvgIpc) is 2.08. The van der Waals surface area contributed by atoms with Gasteiger partial charge in [-0.2, -0.15) is 0 Å². The quantitative estimate of drug-likeness (QED) is 0.504. The fraction of sp³-hybridized carbons (Fsp3) is 0.833. The Morgan fingerprint density at radius 1 is 1.90 bits per heavy atom. The Hall–Kier alpha value is -0.640. The molecule has 0 aliphatic carbocycles. The van der Waals surface area contributed by atoms with E-state index in [1.807, 2.05) is 0 Å². The van der Waals surface area contributed by atoms with Gasteiger partial charge in [0.05, 0.1) is 13.2 Å². The number of alkyl halides is 1. The van der Waals surface area contributed by atoms with Crippen molar-refractivity contribution in [2.24, 2.45) is 10.7 Å². The second-order valence-corrected chi connectivity index (χ2v) is 2.54. The molecule has 1 rings (SSSR count). The predicted molar refractivity (Wildman–Crippen MR) is 36.5 cm³/mol. The minimum Gasteiger partial charge on any atom is -0.484 e. The number of hydrogen-bond acceptors (Lipinski definition) is 3. The Bertz CT molecular complexity index is 167. The molecular weight excluding hydrogens is 135 g/mol. The van der Waals surface area contributed by atoms with Gasteiger partial charge in [-0.05, 0) is 6.92 Å². The summed E-state index contributed by atoms with van der Waals surface area (Å²) in [5.41, 5.74) is 5.41. The third kappa shape index (κ3) is 1.11. The first kappa shape index (κ1) is 7.47. The number of aliphatic imine (C=N–C) groups is 1. The van der Waals surface area contributed by atoms with Crippen molar-refractivity contribution < 1.29 is 9.13 Å². The molecule has 0 aromatic carbocycles. The zero-order valence-electron chi connectivity index (χ0n) is 6.10. The molecule has 0 saturated carbocycles. The lowest BCUT2D eigenvalue weighted by Crippen LogP contribution is -2.36. The van der Waals surface area contributed by atoms with Crippen LogP contribution in [0.25, 0.3) is 0 Å². The van der Waals surface area contributed by atoms with E-state index in [-0.39, 0.29) is 0 Å². The van der Waals surface area contributed by atoms with E-state index in [1.54, 1.807) is 0 Å². The number of rotatable bonds is 0. The fourth-order valence-electron chi connectivity index (χ4n) is 0.876. The molecule has 0 spiro atoms. The summed E-state index contributed by atoms with van der Waals surface area (Å²) in [6.45, 7) is 1.35. The molecule has 1 aliphatic heterocycles. The minimum atomic E-state index is -1.63. The number of nitrogens with zero attached hydrogens (tertiary/aromatic N) is 1. The van der Waals surface area contributed by atoms with Gasteiger partial charge in [0.1, 0.15) is 0 Å². The van der Waals surface area contributed by atoms with Gasteiger partial charge in [-0.15, -0.1) is 0 Å². The summed E-state index contributed by atoms with van der Waals surface area (Å²) in [5, 5.41) is 0. The second-order valence-electron chi connectivity index (χ2n) is 2.54. The van der Waals surface area contributed by atoms with Crippen LogP contribution < -0.4 is 5.73 Å². The van der Waals surface area contributed by atoms with Crippen LogP contribution in [0, 0.1) is 0 Å². The van der Waals surface area contributed by atoms with E-state index in [0.717, 1.165) is 0 Å². The van der Waals surface area contributed by atoms with Gasteiger partial charge in [-0.25, -0.2) is 9.38 Å². The van der Waals surface area contributed by atoms with Crippen molar-refractivity contribution in [3.63, 3.8) is 0 Å². The topological polar surface area (TPSA) is 47.6 Å². The predicted octanol–water partition coefficient (Wildman–Crippen LogP) is 0.448. The van der Waals surface area contributed by atoms with Crippen molar-refractivity contribution in [3.8, 4) is 0 Å². The summed E-state index contributed by atoms with van der Waals surface area (Å²) in [5.74, 6) is -1.23. The summed E-state index contributed by atoms with van der Waals surface area (Å²) >= 11 is 0. The lowest BCUT2D eigenvalue weighted by atomic mass is 10.1. The Balaban J connectivity index is 2.71. The van der Waals surface area contributed by atoms with E-state index in [4.69, 9.17) is 10.5 Å². The van der Waals surface area contributed by atoms with Crippen molar-refractivity contribution >= 4 is 5.90 Å². The number of nitrogens with two attached hydrogens (primary N) is 1. The Labute approximate surface area is 59.1 Å². The van der Waals surface area contributed by atoms with Gasteiger partial charge >= 0.3 is 0 Å². The van der Waals surface area contributed by atoms with Gasteiger partial charge in [-0.1, -0.05) is 0 Å². The first-order valence-corrected chi connectivity index (χ1v) is 3.13. The maximum atomic E-state index is 13.0. The minimum absolute atomic E-state index is 0.392. The van der Waals surface area contributed by atoms with Gasteiger partial charge in [0.15, 0.2) is 5.90 Å². The van der Waals surface area contributed by atoms with Gasteiger partial charge in [0.25, 0.3) is 0 Å². The van der Waals surface area contributed by atoms with E-state index in [1.165, 1.54) is 14.0 Å². The number of methoxy groups -OCH3 is 1. The summed E-state index contributed by atoms with van der Waals surface area (Å²) < 4.78 is 17.8. The van der Waals surface area contributed by atoms with Crippen LogP contribution in [0.3, 0.4) is 0 Å². The zero-order chi connectivity index (χ0) is 7.78. The summed E-state index contributed by atoms with van der Waals surface area (Å²) in [6, 6.07) is -0.553. The van der Waals surface area contributed by atoms with Gasteiger partial charge in [-0.3, -0.25) is 0 Å². The Morgan fingerprint density at radius 2 is 2.50 bits per heavy atom. The third-order valence-corrected chi connectivity index (χ3v) is 1.65. The third-order valence-electron chi connectivity index (χ3n) is 1.65. The molecular formula is C6H11FN2O. The molecule has 0 aromatic rings. The van der Waals surface area contributed by atoms with Crippen molar-refractivity contribution in [2.75, 3.05) is 7.11 Å². The molecule has 0 fully saturated rings. The van der Waals surface area contributed by atoms with Crippen LogP contribution in [0.4, 0.5) is 4.39 Å². The molecule has 1 unspecified atom stereocenters. The van der Waals surface area contributed by atoms with Crippen LogP contribution in [0.1, 0.15) is 13.3 Å². The monoisotopic (exact) mass is 146 g/mol. The second kappa shape index (κ2) is 2.20. The van der Waals surface area contributed by atoms with E-state index >= 15 is 0 Å². The molecule has 2 atom stereocenters. The molecule has 2 N–H and O–H groups in total. The number of ether oxygens (including phenoxy) is 1. The SMILES string of the molecule is COC1=NC(C)(F)[C@H](N)C1. The summed E-state index contributed by atoms with van der Waals surface area (Å²) in [4.78, 5) is 3.62. The Kier molecular flexibility index (Phi) is 1.64. The molecule has 1 aliphatic rings. The lowest BCUT2D eigenvalue weighted by molar-refractivity contribution is 0.177. The normalized spacial score (nSPS) is 39.6. The van der Waals surface area contributed by atoms with Crippen molar-refractivity contribution in [1.29, 1.82) is 0 Å². The molecule has 0 bridgehead atoms.